The van der Waals surface area contributed by atoms with Crippen LogP contribution in [0.4, 0.5) is 0 Å². The molecule has 0 aromatic rings. The third-order valence-electron chi connectivity index (χ3n) is 1.65. The topological polar surface area (TPSA) is 66.4 Å². The van der Waals surface area contributed by atoms with Gasteiger partial charge in [0, 0.05) is 6.08 Å². The molecule has 4 nitrogen and oxygen atoms in total. The van der Waals surface area contributed by atoms with E-state index in [-0.39, 0.29) is 11.8 Å². The number of nitrogens with one attached hydrogen (secondary N) is 1. The van der Waals surface area contributed by atoms with Crippen molar-refractivity contribution in [2.24, 2.45) is 5.92 Å². The Kier molecular flexibility index (Phi) is 4.91. The van der Waals surface area contributed by atoms with Crippen LogP contribution in [0.25, 0.3) is 0 Å². The molecule has 0 saturated heterocycles. The molecule has 0 saturated carbocycles. The fourth-order valence-corrected chi connectivity index (χ4v) is 0.971. The van der Waals surface area contributed by atoms with Crippen LogP contribution < -0.4 is 5.32 Å². The Hall–Kier alpha value is -1.32. The Morgan fingerprint density at radius 2 is 1.79 bits per heavy atom. The second-order valence-corrected chi connectivity index (χ2v) is 3.79. The number of hydrogen-bond donors (Lipinski definition) is 2. The fraction of sp³-hybridized carbons (Fsp3) is 0.600. The summed E-state index contributed by atoms with van der Waals surface area (Å²) < 4.78 is 0. The molecule has 0 rings (SSSR count). The highest BCUT2D eigenvalue weighted by Crippen LogP contribution is 2.01. The lowest BCUT2D eigenvalue weighted by Gasteiger charge is -2.16. The van der Waals surface area contributed by atoms with Crippen LogP contribution in [-0.2, 0) is 9.59 Å². The molecule has 2 N–H and O–H groups in total. The first-order valence-electron chi connectivity index (χ1n) is 4.52. The number of aliphatic carboxylic acids is 1. The molecule has 0 radical (unpaired) electrons. The van der Waals surface area contributed by atoms with Crippen LogP contribution in [-0.4, -0.2) is 23.0 Å². The van der Waals surface area contributed by atoms with Crippen LogP contribution in [0.2, 0.25) is 0 Å². The fourth-order valence-electron chi connectivity index (χ4n) is 0.971. The van der Waals surface area contributed by atoms with Gasteiger partial charge in [-0.1, -0.05) is 19.4 Å². The number of carbonyl (C=O) groups excluding carboxylic acids is 1. The van der Waals surface area contributed by atoms with E-state index in [1.165, 1.54) is 6.08 Å². The zero-order valence-electron chi connectivity index (χ0n) is 9.00. The predicted molar refractivity (Wildman–Crippen MR) is 53.8 cm³/mol. The summed E-state index contributed by atoms with van der Waals surface area (Å²) in [7, 11) is 0. The summed E-state index contributed by atoms with van der Waals surface area (Å²) in [5, 5.41) is 11.2. The third-order valence-corrected chi connectivity index (χ3v) is 1.65. The van der Waals surface area contributed by atoms with Crippen molar-refractivity contribution in [1.29, 1.82) is 0 Å². The maximum Gasteiger partial charge on any atom is 0.326 e. The highest BCUT2D eigenvalue weighted by atomic mass is 16.4. The molecule has 1 unspecified atom stereocenters. The molecule has 4 heteroatoms. The Labute approximate surface area is 84.0 Å². The Morgan fingerprint density at radius 1 is 1.29 bits per heavy atom. The first-order chi connectivity index (χ1) is 6.34. The van der Waals surface area contributed by atoms with E-state index >= 15 is 0 Å². The average Bonchev–Trinajstić information content (AvgIpc) is 1.97. The van der Waals surface area contributed by atoms with E-state index in [1.54, 1.807) is 27.7 Å². The van der Waals surface area contributed by atoms with Gasteiger partial charge in [0.05, 0.1) is 0 Å². The lowest BCUT2D eigenvalue weighted by molar-refractivity contribution is -0.142. The van der Waals surface area contributed by atoms with Crippen LogP contribution in [0.15, 0.2) is 11.6 Å². The quantitative estimate of drug-likeness (QED) is 0.668. The molecule has 0 aliphatic heterocycles. The summed E-state index contributed by atoms with van der Waals surface area (Å²) in [6, 6.07) is -0.821. The molecule has 0 aromatic heterocycles. The SMILES string of the molecule is CC(C)=CC(=O)NC(C(=O)O)C(C)C. The Balaban J connectivity index is 4.39. The summed E-state index contributed by atoms with van der Waals surface area (Å²) in [4.78, 5) is 21.9. The van der Waals surface area contributed by atoms with E-state index in [9.17, 15) is 9.59 Å². The van der Waals surface area contributed by atoms with Crippen LogP contribution in [0.5, 0.6) is 0 Å². The monoisotopic (exact) mass is 199 g/mol. The largest absolute Gasteiger partial charge is 0.480 e. The normalized spacial score (nSPS) is 12.1. The molecule has 1 amide bonds. The Bertz CT molecular complexity index is 252. The molecule has 0 aromatic carbocycles. The van der Waals surface area contributed by atoms with Gasteiger partial charge in [0.25, 0.3) is 0 Å². The molecule has 0 fully saturated rings. The van der Waals surface area contributed by atoms with Crippen LogP contribution >= 0.6 is 0 Å². The number of amides is 1. The molecule has 0 bridgehead atoms. The second-order valence-electron chi connectivity index (χ2n) is 3.79. The number of rotatable bonds is 4. The molecule has 14 heavy (non-hydrogen) atoms. The molecule has 0 heterocycles. The van der Waals surface area contributed by atoms with Gasteiger partial charge in [0.1, 0.15) is 6.04 Å². The lowest BCUT2D eigenvalue weighted by Crippen LogP contribution is -2.43. The minimum atomic E-state index is -1.00. The first kappa shape index (κ1) is 12.7. The zero-order valence-corrected chi connectivity index (χ0v) is 9.00. The van der Waals surface area contributed by atoms with Crippen LogP contribution in [0.3, 0.4) is 0 Å². The van der Waals surface area contributed by atoms with Gasteiger partial charge in [-0.05, 0) is 19.8 Å². The van der Waals surface area contributed by atoms with E-state index in [4.69, 9.17) is 5.11 Å². The smallest absolute Gasteiger partial charge is 0.326 e. The van der Waals surface area contributed by atoms with Gasteiger partial charge in [0.2, 0.25) is 5.91 Å². The predicted octanol–water partition coefficient (Wildman–Crippen LogP) is 1.18. The van der Waals surface area contributed by atoms with Gasteiger partial charge in [-0.2, -0.15) is 0 Å². The van der Waals surface area contributed by atoms with E-state index < -0.39 is 12.0 Å². The van der Waals surface area contributed by atoms with Gasteiger partial charge in [-0.15, -0.1) is 0 Å². The molecule has 1 atom stereocenters. The number of carboxylic acids is 1. The molecule has 0 aliphatic rings. The average molecular weight is 199 g/mol. The number of allylic oxidation sites excluding steroid dienone is 1. The van der Waals surface area contributed by atoms with E-state index in [1.807, 2.05) is 0 Å². The van der Waals surface area contributed by atoms with Gasteiger partial charge >= 0.3 is 5.97 Å². The van der Waals surface area contributed by atoms with Gasteiger partial charge in [0.15, 0.2) is 0 Å². The third kappa shape index (κ3) is 4.64. The van der Waals surface area contributed by atoms with Crippen molar-refractivity contribution < 1.29 is 14.7 Å². The maximum atomic E-state index is 11.2. The van der Waals surface area contributed by atoms with E-state index in [0.29, 0.717) is 0 Å². The molecule has 0 aliphatic carbocycles. The van der Waals surface area contributed by atoms with Gasteiger partial charge < -0.3 is 10.4 Å². The maximum absolute atomic E-state index is 11.2. The minimum Gasteiger partial charge on any atom is -0.480 e. The number of carbonyl (C=O) groups is 2. The number of carboxylic acid groups (broad SMARTS) is 1. The Morgan fingerprint density at radius 3 is 2.07 bits per heavy atom. The standard InChI is InChI=1S/C10H17NO3/c1-6(2)5-8(12)11-9(7(3)4)10(13)14/h5,7,9H,1-4H3,(H,11,12)(H,13,14). The molecular formula is C10H17NO3. The zero-order chi connectivity index (χ0) is 11.3. The van der Waals surface area contributed by atoms with Crippen molar-refractivity contribution in [3.63, 3.8) is 0 Å². The van der Waals surface area contributed by atoms with Crippen molar-refractivity contribution >= 4 is 11.9 Å². The summed E-state index contributed by atoms with van der Waals surface area (Å²) in [6.07, 6.45) is 1.39. The summed E-state index contributed by atoms with van der Waals surface area (Å²) in [5.41, 5.74) is 0.843. The van der Waals surface area contributed by atoms with Crippen molar-refractivity contribution in [2.45, 2.75) is 33.7 Å². The van der Waals surface area contributed by atoms with Gasteiger partial charge in [-0.25, -0.2) is 4.79 Å². The van der Waals surface area contributed by atoms with Gasteiger partial charge in [-0.3, -0.25) is 4.79 Å². The van der Waals surface area contributed by atoms with Crippen molar-refractivity contribution in [3.05, 3.63) is 11.6 Å². The van der Waals surface area contributed by atoms with Crippen molar-refractivity contribution in [2.75, 3.05) is 0 Å². The van der Waals surface area contributed by atoms with Crippen molar-refractivity contribution in [1.82, 2.24) is 5.32 Å². The molecule has 80 valence electrons. The van der Waals surface area contributed by atoms with Crippen LogP contribution in [0.1, 0.15) is 27.7 Å². The summed E-state index contributed by atoms with van der Waals surface area (Å²) in [6.45, 7) is 7.07. The lowest BCUT2D eigenvalue weighted by atomic mass is 10.0. The molecule has 0 spiro atoms. The first-order valence-corrected chi connectivity index (χ1v) is 4.52. The van der Waals surface area contributed by atoms with E-state index in [0.717, 1.165) is 5.57 Å². The van der Waals surface area contributed by atoms with Crippen molar-refractivity contribution in [3.8, 4) is 0 Å². The molecular weight excluding hydrogens is 182 g/mol. The highest BCUT2D eigenvalue weighted by molar-refractivity contribution is 5.91. The number of hydrogen-bond acceptors (Lipinski definition) is 2. The second kappa shape index (κ2) is 5.42. The minimum absolute atomic E-state index is 0.123. The summed E-state index contributed by atoms with van der Waals surface area (Å²) in [5.74, 6) is -1.48. The van der Waals surface area contributed by atoms with Crippen LogP contribution in [0, 0.1) is 5.92 Å². The van der Waals surface area contributed by atoms with E-state index in [2.05, 4.69) is 5.32 Å². The summed E-state index contributed by atoms with van der Waals surface area (Å²) >= 11 is 0. The highest BCUT2D eigenvalue weighted by Gasteiger charge is 2.22.